The topological polar surface area (TPSA) is 58.4 Å². The van der Waals surface area contributed by atoms with Crippen molar-refractivity contribution in [3.63, 3.8) is 0 Å². The molecule has 3 rings (SSSR count). The van der Waals surface area contributed by atoms with E-state index in [-0.39, 0.29) is 17.4 Å². The van der Waals surface area contributed by atoms with Crippen molar-refractivity contribution >= 4 is 5.91 Å². The second kappa shape index (κ2) is 7.62. The Morgan fingerprint density at radius 1 is 1.31 bits per heavy atom. The van der Waals surface area contributed by atoms with Crippen LogP contribution in [0.15, 0.2) is 40.9 Å². The molecule has 0 saturated heterocycles. The molecule has 0 radical (unpaired) electrons. The summed E-state index contributed by atoms with van der Waals surface area (Å²) in [5.41, 5.74) is 2.39. The summed E-state index contributed by atoms with van der Waals surface area (Å²) in [5, 5.41) is 7.31. The number of rotatable bonds is 7. The molecule has 0 spiro atoms. The highest BCUT2D eigenvalue weighted by Gasteiger charge is 2.48. The Bertz CT molecular complexity index is 739. The predicted molar refractivity (Wildman–Crippen MR) is 101 cm³/mol. The van der Waals surface area contributed by atoms with Gasteiger partial charge in [-0.1, -0.05) is 49.3 Å². The Labute approximate surface area is 155 Å². The molecule has 0 bridgehead atoms. The van der Waals surface area contributed by atoms with E-state index in [9.17, 15) is 4.79 Å². The van der Waals surface area contributed by atoms with E-state index in [1.165, 1.54) is 5.56 Å². The highest BCUT2D eigenvalue weighted by Crippen LogP contribution is 2.47. The summed E-state index contributed by atoms with van der Waals surface area (Å²) in [6.45, 7) is 7.64. The third-order valence-electron chi connectivity index (χ3n) is 5.63. The summed E-state index contributed by atoms with van der Waals surface area (Å²) in [4.78, 5) is 13.5. The smallest absolute Gasteiger partial charge is 0.217 e. The van der Waals surface area contributed by atoms with Gasteiger partial charge in [0.25, 0.3) is 0 Å². The van der Waals surface area contributed by atoms with E-state index in [1.54, 1.807) is 6.92 Å². The molecule has 0 aliphatic heterocycles. The van der Waals surface area contributed by atoms with E-state index in [0.717, 1.165) is 37.4 Å². The molecule has 26 heavy (non-hydrogen) atoms. The van der Waals surface area contributed by atoms with Crippen LogP contribution in [0.1, 0.15) is 44.2 Å². The van der Waals surface area contributed by atoms with Crippen molar-refractivity contribution in [2.75, 3.05) is 7.05 Å². The summed E-state index contributed by atoms with van der Waals surface area (Å²) in [6, 6.07) is 12.7. The molecule has 2 atom stereocenters. The zero-order valence-corrected chi connectivity index (χ0v) is 16.2. The zero-order valence-electron chi connectivity index (χ0n) is 16.2. The van der Waals surface area contributed by atoms with Crippen LogP contribution in [-0.2, 0) is 24.3 Å². The van der Waals surface area contributed by atoms with Crippen LogP contribution in [0.3, 0.4) is 0 Å². The molecule has 5 heteroatoms. The summed E-state index contributed by atoms with van der Waals surface area (Å²) in [6.07, 6.45) is 1.90. The normalized spacial score (nSPS) is 21.4. The first kappa shape index (κ1) is 18.6. The molecule has 1 fully saturated rings. The fourth-order valence-electron chi connectivity index (χ4n) is 3.85. The van der Waals surface area contributed by atoms with E-state index < -0.39 is 0 Å². The van der Waals surface area contributed by atoms with Gasteiger partial charge in [-0.25, -0.2) is 0 Å². The van der Waals surface area contributed by atoms with Gasteiger partial charge >= 0.3 is 0 Å². The monoisotopic (exact) mass is 355 g/mol. The van der Waals surface area contributed by atoms with Crippen LogP contribution < -0.4 is 5.32 Å². The average molecular weight is 355 g/mol. The minimum atomic E-state index is 0.0479. The van der Waals surface area contributed by atoms with Crippen molar-refractivity contribution in [2.45, 2.75) is 52.7 Å². The van der Waals surface area contributed by atoms with E-state index >= 15 is 0 Å². The molecular formula is C21H29N3O2. The Kier molecular flexibility index (Phi) is 5.47. The van der Waals surface area contributed by atoms with Crippen LogP contribution in [0, 0.1) is 11.3 Å². The predicted octanol–water partition coefficient (Wildman–Crippen LogP) is 3.40. The number of carbonyl (C=O) groups excluding carboxylic acids is 1. The molecular weight excluding hydrogens is 326 g/mol. The first-order valence-corrected chi connectivity index (χ1v) is 9.28. The van der Waals surface area contributed by atoms with Gasteiger partial charge in [-0.05, 0) is 36.8 Å². The standard InChI is InChI=1S/C21H29N3O2/c1-15(25)22-20-11-17(21(20,2)3)10-18-12-19(26-23-18)14-24(4)13-16-8-6-5-7-9-16/h5-9,12,17,20H,10-11,13-14H2,1-4H3,(H,22,25)/t17-,20+/m1/s1. The Hall–Kier alpha value is -2.14. The van der Waals surface area contributed by atoms with Gasteiger partial charge in [-0.15, -0.1) is 0 Å². The van der Waals surface area contributed by atoms with Gasteiger partial charge in [0.2, 0.25) is 5.91 Å². The molecule has 1 amide bonds. The highest BCUT2D eigenvalue weighted by atomic mass is 16.5. The summed E-state index contributed by atoms with van der Waals surface area (Å²) in [5.74, 6) is 1.46. The molecule has 1 N–H and O–H groups in total. The summed E-state index contributed by atoms with van der Waals surface area (Å²) >= 11 is 0. The molecule has 1 aromatic carbocycles. The van der Waals surface area contributed by atoms with Gasteiger partial charge in [0.05, 0.1) is 12.2 Å². The van der Waals surface area contributed by atoms with Gasteiger partial charge in [0.1, 0.15) is 0 Å². The number of nitrogens with one attached hydrogen (secondary N) is 1. The number of carbonyl (C=O) groups is 1. The molecule has 5 nitrogen and oxygen atoms in total. The highest BCUT2D eigenvalue weighted by molar-refractivity contribution is 5.73. The Balaban J connectivity index is 1.51. The number of aromatic nitrogens is 1. The first-order chi connectivity index (χ1) is 12.3. The lowest BCUT2D eigenvalue weighted by Crippen LogP contribution is -2.58. The van der Waals surface area contributed by atoms with Crippen LogP contribution in [0.25, 0.3) is 0 Å². The van der Waals surface area contributed by atoms with Crippen LogP contribution in [-0.4, -0.2) is 29.1 Å². The van der Waals surface area contributed by atoms with Crippen molar-refractivity contribution in [3.05, 3.63) is 53.4 Å². The van der Waals surface area contributed by atoms with Crippen LogP contribution in [0.5, 0.6) is 0 Å². The van der Waals surface area contributed by atoms with Gasteiger partial charge in [-0.3, -0.25) is 9.69 Å². The van der Waals surface area contributed by atoms with Crippen molar-refractivity contribution in [2.24, 2.45) is 11.3 Å². The lowest BCUT2D eigenvalue weighted by Gasteiger charge is -2.52. The summed E-state index contributed by atoms with van der Waals surface area (Å²) < 4.78 is 5.54. The van der Waals surface area contributed by atoms with Crippen molar-refractivity contribution in [3.8, 4) is 0 Å². The minimum Gasteiger partial charge on any atom is -0.360 e. The number of hydrogen-bond donors (Lipinski definition) is 1. The van der Waals surface area contributed by atoms with Crippen LogP contribution in [0.4, 0.5) is 0 Å². The number of nitrogens with zero attached hydrogens (tertiary/aromatic N) is 2. The second-order valence-corrected chi connectivity index (χ2v) is 8.15. The largest absolute Gasteiger partial charge is 0.360 e. The van der Waals surface area contributed by atoms with E-state index in [1.807, 2.05) is 6.07 Å². The van der Waals surface area contributed by atoms with E-state index in [2.05, 4.69) is 66.6 Å². The lowest BCUT2D eigenvalue weighted by molar-refractivity contribution is -0.123. The Morgan fingerprint density at radius 3 is 2.69 bits per heavy atom. The molecule has 1 heterocycles. The van der Waals surface area contributed by atoms with E-state index in [4.69, 9.17) is 4.52 Å². The number of amides is 1. The molecule has 1 aliphatic carbocycles. The quantitative estimate of drug-likeness (QED) is 0.827. The van der Waals surface area contributed by atoms with Crippen molar-refractivity contribution < 1.29 is 9.32 Å². The third-order valence-corrected chi connectivity index (χ3v) is 5.63. The molecule has 1 aliphatic rings. The van der Waals surface area contributed by atoms with Gasteiger partial charge < -0.3 is 9.84 Å². The fourth-order valence-corrected chi connectivity index (χ4v) is 3.85. The average Bonchev–Trinajstić information content (AvgIpc) is 3.01. The minimum absolute atomic E-state index is 0.0479. The fraction of sp³-hybridized carbons (Fsp3) is 0.524. The Morgan fingerprint density at radius 2 is 2.04 bits per heavy atom. The maximum Gasteiger partial charge on any atom is 0.217 e. The van der Waals surface area contributed by atoms with Gasteiger partial charge in [0, 0.05) is 25.6 Å². The SMILES string of the molecule is CC(=O)N[C@H]1C[C@@H](Cc2cc(CN(C)Cc3ccccc3)on2)C1(C)C. The maximum absolute atomic E-state index is 11.3. The number of benzene rings is 1. The van der Waals surface area contributed by atoms with Crippen molar-refractivity contribution in [1.29, 1.82) is 0 Å². The molecule has 140 valence electrons. The van der Waals surface area contributed by atoms with Crippen LogP contribution in [0.2, 0.25) is 0 Å². The van der Waals surface area contributed by atoms with Crippen molar-refractivity contribution in [1.82, 2.24) is 15.4 Å². The second-order valence-electron chi connectivity index (χ2n) is 8.15. The zero-order chi connectivity index (χ0) is 18.7. The van der Waals surface area contributed by atoms with E-state index in [0.29, 0.717) is 5.92 Å². The lowest BCUT2D eigenvalue weighted by atomic mass is 9.57. The molecule has 0 unspecified atom stereocenters. The van der Waals surface area contributed by atoms with Crippen LogP contribution >= 0.6 is 0 Å². The third kappa shape index (κ3) is 4.33. The number of hydrogen-bond acceptors (Lipinski definition) is 4. The van der Waals surface area contributed by atoms with Gasteiger partial charge in [0.15, 0.2) is 5.76 Å². The summed E-state index contributed by atoms with van der Waals surface area (Å²) in [7, 11) is 2.09. The maximum atomic E-state index is 11.3. The molecule has 2 aromatic rings. The van der Waals surface area contributed by atoms with Gasteiger partial charge in [-0.2, -0.15) is 0 Å². The first-order valence-electron chi connectivity index (χ1n) is 9.28. The molecule has 1 aromatic heterocycles. The molecule has 1 saturated carbocycles.